The molecule has 0 N–H and O–H groups in total. The van der Waals surface area contributed by atoms with Gasteiger partial charge in [-0.05, 0) is 39.0 Å². The molecule has 0 saturated carbocycles. The number of rotatable bonds is 3. The zero-order valence-corrected chi connectivity index (χ0v) is 16.1. The summed E-state index contributed by atoms with van der Waals surface area (Å²) >= 11 is 0. The number of benzene rings is 2. The van der Waals surface area contributed by atoms with E-state index in [2.05, 4.69) is 36.6 Å². The SMILES string of the molecule is COC(=O)c1cc2c3c(c1)c1ccccc1n3C=C(C)OC2CC=C(C)C. The zero-order valence-electron chi connectivity index (χ0n) is 16.1. The van der Waals surface area contributed by atoms with E-state index >= 15 is 0 Å². The molecule has 3 aromatic rings. The van der Waals surface area contributed by atoms with Gasteiger partial charge in [-0.25, -0.2) is 4.79 Å². The third-order valence-electron chi connectivity index (χ3n) is 4.98. The zero-order chi connectivity index (χ0) is 19.1. The monoisotopic (exact) mass is 361 g/mol. The Bertz CT molecular complexity index is 1110. The maximum atomic E-state index is 12.3. The first-order valence-electron chi connectivity index (χ1n) is 9.13. The second kappa shape index (κ2) is 6.62. The van der Waals surface area contributed by atoms with E-state index < -0.39 is 0 Å². The Labute approximate surface area is 158 Å². The van der Waals surface area contributed by atoms with Gasteiger partial charge in [0.1, 0.15) is 11.9 Å². The van der Waals surface area contributed by atoms with Gasteiger partial charge in [-0.1, -0.05) is 29.8 Å². The van der Waals surface area contributed by atoms with Crippen molar-refractivity contribution in [2.75, 3.05) is 7.11 Å². The van der Waals surface area contributed by atoms with Crippen molar-refractivity contribution in [1.29, 1.82) is 0 Å². The predicted octanol–water partition coefficient (Wildman–Crippen LogP) is 5.83. The van der Waals surface area contributed by atoms with Crippen molar-refractivity contribution in [2.45, 2.75) is 33.3 Å². The van der Waals surface area contributed by atoms with Crippen LogP contribution in [0.4, 0.5) is 0 Å². The molecule has 2 aromatic carbocycles. The van der Waals surface area contributed by atoms with Crippen LogP contribution in [0, 0.1) is 0 Å². The van der Waals surface area contributed by atoms with Crippen LogP contribution in [0.2, 0.25) is 0 Å². The van der Waals surface area contributed by atoms with Crippen molar-refractivity contribution < 1.29 is 14.3 Å². The molecule has 0 amide bonds. The highest BCUT2D eigenvalue weighted by Crippen LogP contribution is 2.40. The Balaban J connectivity index is 2.09. The van der Waals surface area contributed by atoms with Crippen molar-refractivity contribution >= 4 is 34.0 Å². The first kappa shape index (κ1) is 17.4. The maximum absolute atomic E-state index is 12.3. The lowest BCUT2D eigenvalue weighted by Gasteiger charge is -2.18. The summed E-state index contributed by atoms with van der Waals surface area (Å²) in [6, 6.07) is 12.1. The summed E-state index contributed by atoms with van der Waals surface area (Å²) in [5, 5.41) is 2.16. The first-order chi connectivity index (χ1) is 13.0. The third-order valence-corrected chi connectivity index (χ3v) is 4.98. The molecule has 0 bridgehead atoms. The highest BCUT2D eigenvalue weighted by molar-refractivity contribution is 6.12. The molecule has 1 aliphatic rings. The number of para-hydroxylation sites is 1. The van der Waals surface area contributed by atoms with Gasteiger partial charge in [0.15, 0.2) is 0 Å². The summed E-state index contributed by atoms with van der Waals surface area (Å²) in [6.45, 7) is 6.14. The van der Waals surface area contributed by atoms with E-state index in [9.17, 15) is 4.79 Å². The van der Waals surface area contributed by atoms with Gasteiger partial charge in [0.05, 0.1) is 23.7 Å². The fourth-order valence-corrected chi connectivity index (χ4v) is 3.80. The number of carbonyl (C=O) groups excluding carboxylic acids is 1. The summed E-state index contributed by atoms with van der Waals surface area (Å²) < 4.78 is 13.4. The third kappa shape index (κ3) is 2.91. The lowest BCUT2D eigenvalue weighted by Crippen LogP contribution is -2.06. The molecule has 0 saturated heterocycles. The molecular weight excluding hydrogens is 338 g/mol. The minimum Gasteiger partial charge on any atom is -0.488 e. The average Bonchev–Trinajstić information content (AvgIpc) is 2.89. The molecule has 0 fully saturated rings. The molecule has 4 rings (SSSR count). The number of fused-ring (bicyclic) bond motifs is 3. The number of nitrogens with zero attached hydrogens (tertiary/aromatic N) is 1. The molecule has 1 aromatic heterocycles. The lowest BCUT2D eigenvalue weighted by atomic mass is 9.98. The van der Waals surface area contributed by atoms with E-state index in [-0.39, 0.29) is 12.1 Å². The van der Waals surface area contributed by atoms with E-state index in [0.717, 1.165) is 39.5 Å². The van der Waals surface area contributed by atoms with Gasteiger partial charge in [0.2, 0.25) is 0 Å². The van der Waals surface area contributed by atoms with Gasteiger partial charge in [0.25, 0.3) is 0 Å². The Morgan fingerprint density at radius 3 is 2.74 bits per heavy atom. The molecule has 27 heavy (non-hydrogen) atoms. The summed E-state index contributed by atoms with van der Waals surface area (Å²) in [5.41, 5.74) is 4.99. The fourth-order valence-electron chi connectivity index (χ4n) is 3.80. The van der Waals surface area contributed by atoms with Gasteiger partial charge in [-0.2, -0.15) is 0 Å². The largest absolute Gasteiger partial charge is 0.488 e. The molecule has 1 aliphatic heterocycles. The quantitative estimate of drug-likeness (QED) is 0.435. The van der Waals surface area contributed by atoms with Crippen molar-refractivity contribution in [3.63, 3.8) is 0 Å². The molecule has 4 nitrogen and oxygen atoms in total. The average molecular weight is 361 g/mol. The Morgan fingerprint density at radius 2 is 2.00 bits per heavy atom. The Hall–Kier alpha value is -3.01. The number of carbonyl (C=O) groups is 1. The molecule has 0 aliphatic carbocycles. The van der Waals surface area contributed by atoms with Gasteiger partial charge < -0.3 is 14.0 Å². The molecule has 0 radical (unpaired) electrons. The fraction of sp³-hybridized carbons (Fsp3) is 0.261. The van der Waals surface area contributed by atoms with Crippen LogP contribution in [0.1, 0.15) is 49.2 Å². The minimum atomic E-state index is -0.333. The molecule has 0 spiro atoms. The van der Waals surface area contributed by atoms with E-state index in [1.165, 1.54) is 12.7 Å². The molecule has 1 unspecified atom stereocenters. The predicted molar refractivity (Wildman–Crippen MR) is 109 cm³/mol. The second-order valence-electron chi connectivity index (χ2n) is 7.20. The summed E-state index contributed by atoms with van der Waals surface area (Å²) in [5.74, 6) is 0.514. The molecule has 1 atom stereocenters. The smallest absolute Gasteiger partial charge is 0.337 e. The number of esters is 1. The topological polar surface area (TPSA) is 40.5 Å². The second-order valence-corrected chi connectivity index (χ2v) is 7.20. The number of hydrogen-bond acceptors (Lipinski definition) is 3. The first-order valence-corrected chi connectivity index (χ1v) is 9.13. The van der Waals surface area contributed by atoms with Gasteiger partial charge in [-0.3, -0.25) is 0 Å². The van der Waals surface area contributed by atoms with Crippen LogP contribution in [0.5, 0.6) is 0 Å². The van der Waals surface area contributed by atoms with Crippen molar-refractivity contribution in [3.05, 3.63) is 64.9 Å². The van der Waals surface area contributed by atoms with Crippen LogP contribution >= 0.6 is 0 Å². The molecular formula is C23H23NO3. The van der Waals surface area contributed by atoms with E-state index in [4.69, 9.17) is 9.47 Å². The van der Waals surface area contributed by atoms with Crippen LogP contribution in [-0.4, -0.2) is 17.6 Å². The van der Waals surface area contributed by atoms with E-state index in [0.29, 0.717) is 5.56 Å². The highest BCUT2D eigenvalue weighted by Gasteiger charge is 2.25. The van der Waals surface area contributed by atoms with Crippen LogP contribution in [0.25, 0.3) is 28.0 Å². The Morgan fingerprint density at radius 1 is 1.22 bits per heavy atom. The van der Waals surface area contributed by atoms with Gasteiger partial charge in [0, 0.05) is 29.0 Å². The number of allylic oxidation sites excluding steroid dienone is 2. The number of aromatic nitrogens is 1. The van der Waals surface area contributed by atoms with Gasteiger partial charge in [-0.15, -0.1) is 0 Å². The maximum Gasteiger partial charge on any atom is 0.337 e. The van der Waals surface area contributed by atoms with Crippen LogP contribution in [-0.2, 0) is 9.47 Å². The summed E-state index contributed by atoms with van der Waals surface area (Å²) in [6.07, 6.45) is 4.80. The minimum absolute atomic E-state index is 0.159. The number of hydrogen-bond donors (Lipinski definition) is 0. The lowest BCUT2D eigenvalue weighted by molar-refractivity contribution is 0.0600. The standard InChI is InChI=1S/C23H23NO3/c1-14(2)9-10-21-19-12-16(23(25)26-4)11-18-17-7-5-6-8-20(17)24(22(18)19)13-15(3)27-21/h5-9,11-13,21H,10H2,1-4H3. The number of ether oxygens (including phenoxy) is 2. The molecule has 4 heteroatoms. The van der Waals surface area contributed by atoms with Crippen molar-refractivity contribution in [3.8, 4) is 0 Å². The summed E-state index contributed by atoms with van der Waals surface area (Å²) in [7, 11) is 1.41. The number of methoxy groups -OCH3 is 1. The highest BCUT2D eigenvalue weighted by atomic mass is 16.5. The Kier molecular flexibility index (Phi) is 4.27. The van der Waals surface area contributed by atoms with E-state index in [1.54, 1.807) is 0 Å². The van der Waals surface area contributed by atoms with E-state index in [1.807, 2.05) is 37.4 Å². The van der Waals surface area contributed by atoms with Crippen LogP contribution in [0.3, 0.4) is 0 Å². The van der Waals surface area contributed by atoms with Gasteiger partial charge >= 0.3 is 5.97 Å². The molecule has 2 heterocycles. The normalized spacial score (nSPS) is 15.9. The molecule has 138 valence electrons. The van der Waals surface area contributed by atoms with Crippen LogP contribution < -0.4 is 0 Å². The van der Waals surface area contributed by atoms with Crippen molar-refractivity contribution in [1.82, 2.24) is 4.57 Å². The van der Waals surface area contributed by atoms with Crippen LogP contribution in [0.15, 0.2) is 53.8 Å². The summed E-state index contributed by atoms with van der Waals surface area (Å²) in [4.78, 5) is 12.3. The van der Waals surface area contributed by atoms with Crippen molar-refractivity contribution in [2.24, 2.45) is 0 Å².